The maximum atomic E-state index is 12.6. The number of hydrogen-bond acceptors (Lipinski definition) is 4. The molecule has 1 heterocycles. The minimum absolute atomic E-state index is 0.189. The van der Waals surface area contributed by atoms with E-state index in [-0.39, 0.29) is 12.0 Å². The number of aliphatic hydroxyl groups excluding tert-OH is 1. The number of hydrogen-bond donors (Lipinski definition) is 1. The predicted octanol–water partition coefficient (Wildman–Crippen LogP) is 4.31. The molecule has 2 aromatic carbocycles. The van der Waals surface area contributed by atoms with Crippen LogP contribution in [0.25, 0.3) is 0 Å². The van der Waals surface area contributed by atoms with Crippen molar-refractivity contribution in [2.75, 3.05) is 19.6 Å². The zero-order chi connectivity index (χ0) is 21.6. The Hall–Kier alpha value is -2.37. The monoisotopic (exact) mass is 410 g/mol. The normalized spacial score (nSPS) is 19.7. The van der Waals surface area contributed by atoms with E-state index in [9.17, 15) is 9.90 Å². The number of benzene rings is 2. The number of rotatable bonds is 6. The molecule has 162 valence electrons. The molecule has 5 heteroatoms. The van der Waals surface area contributed by atoms with E-state index < -0.39 is 11.7 Å². The van der Waals surface area contributed by atoms with Crippen LogP contribution in [0.15, 0.2) is 60.7 Å². The summed E-state index contributed by atoms with van der Waals surface area (Å²) in [6.45, 7) is 9.00. The second-order valence-corrected chi connectivity index (χ2v) is 9.28. The van der Waals surface area contributed by atoms with E-state index >= 15 is 0 Å². The molecule has 0 radical (unpaired) electrons. The van der Waals surface area contributed by atoms with Crippen molar-refractivity contribution in [1.29, 1.82) is 0 Å². The van der Waals surface area contributed by atoms with E-state index in [1.54, 1.807) is 4.90 Å². The van der Waals surface area contributed by atoms with Crippen molar-refractivity contribution in [3.8, 4) is 0 Å². The lowest BCUT2D eigenvalue weighted by atomic mass is 9.95. The number of amides is 1. The molecule has 1 saturated heterocycles. The van der Waals surface area contributed by atoms with Gasteiger partial charge >= 0.3 is 6.09 Å². The van der Waals surface area contributed by atoms with Gasteiger partial charge in [-0.3, -0.25) is 4.90 Å². The van der Waals surface area contributed by atoms with Gasteiger partial charge in [0.05, 0.1) is 6.10 Å². The van der Waals surface area contributed by atoms with Crippen molar-refractivity contribution in [2.24, 2.45) is 5.92 Å². The van der Waals surface area contributed by atoms with Crippen LogP contribution in [0.4, 0.5) is 4.79 Å². The second kappa shape index (κ2) is 10.1. The highest BCUT2D eigenvalue weighted by Crippen LogP contribution is 2.22. The molecule has 2 aromatic rings. The molecule has 2 unspecified atom stereocenters. The SMILES string of the molecule is CC(C)(C)OC(=O)N1CC(O)CC(CN(Cc2ccccc2)Cc2ccccc2)C1. The van der Waals surface area contributed by atoms with Gasteiger partial charge in [0, 0.05) is 32.7 Å². The highest BCUT2D eigenvalue weighted by atomic mass is 16.6. The summed E-state index contributed by atoms with van der Waals surface area (Å²) < 4.78 is 5.53. The van der Waals surface area contributed by atoms with Gasteiger partial charge in [-0.05, 0) is 44.2 Å². The molecule has 0 saturated carbocycles. The van der Waals surface area contributed by atoms with Gasteiger partial charge in [-0.1, -0.05) is 60.7 Å². The molecule has 1 amide bonds. The largest absolute Gasteiger partial charge is 0.444 e. The van der Waals surface area contributed by atoms with Crippen LogP contribution < -0.4 is 0 Å². The highest BCUT2D eigenvalue weighted by molar-refractivity contribution is 5.68. The standard InChI is InChI=1S/C25H34N2O3/c1-25(2,3)30-24(29)27-18-22(14-23(28)19-27)17-26(15-20-10-6-4-7-11-20)16-21-12-8-5-9-13-21/h4-13,22-23,28H,14-19H2,1-3H3. The minimum Gasteiger partial charge on any atom is -0.444 e. The molecule has 0 aromatic heterocycles. The van der Waals surface area contributed by atoms with Crippen LogP contribution in [0.3, 0.4) is 0 Å². The Balaban J connectivity index is 1.69. The van der Waals surface area contributed by atoms with Crippen molar-refractivity contribution < 1.29 is 14.6 Å². The number of nitrogens with zero attached hydrogens (tertiary/aromatic N) is 2. The fourth-order valence-corrected chi connectivity index (χ4v) is 4.02. The number of ether oxygens (including phenoxy) is 1. The van der Waals surface area contributed by atoms with Crippen molar-refractivity contribution in [3.05, 3.63) is 71.8 Å². The predicted molar refractivity (Wildman–Crippen MR) is 119 cm³/mol. The molecular formula is C25H34N2O3. The van der Waals surface area contributed by atoms with Gasteiger partial charge < -0.3 is 14.7 Å². The van der Waals surface area contributed by atoms with Crippen LogP contribution in [0.5, 0.6) is 0 Å². The van der Waals surface area contributed by atoms with Crippen molar-refractivity contribution in [3.63, 3.8) is 0 Å². The summed E-state index contributed by atoms with van der Waals surface area (Å²) in [6.07, 6.45) is -0.171. The molecule has 0 aliphatic carbocycles. The molecule has 2 atom stereocenters. The third kappa shape index (κ3) is 7.15. The van der Waals surface area contributed by atoms with Gasteiger partial charge in [0.1, 0.15) is 5.60 Å². The summed E-state index contributed by atoms with van der Waals surface area (Å²) >= 11 is 0. The Morgan fingerprint density at radius 3 is 2.03 bits per heavy atom. The minimum atomic E-state index is -0.540. The van der Waals surface area contributed by atoms with Gasteiger partial charge in [-0.2, -0.15) is 0 Å². The number of carbonyl (C=O) groups is 1. The molecular weight excluding hydrogens is 376 g/mol. The number of likely N-dealkylation sites (tertiary alicyclic amines) is 1. The maximum Gasteiger partial charge on any atom is 0.410 e. The number of β-amino-alcohol motifs (C(OH)–C–C–N with tert-alkyl or cyclic N) is 1. The van der Waals surface area contributed by atoms with Crippen molar-refractivity contribution >= 4 is 6.09 Å². The lowest BCUT2D eigenvalue weighted by molar-refractivity contribution is -0.0121. The van der Waals surface area contributed by atoms with Crippen LogP contribution in [0, 0.1) is 5.92 Å². The third-order valence-electron chi connectivity index (χ3n) is 5.18. The summed E-state index contributed by atoms with van der Waals surface area (Å²) in [7, 11) is 0. The molecule has 1 fully saturated rings. The van der Waals surface area contributed by atoms with E-state index in [2.05, 4.69) is 53.4 Å². The van der Waals surface area contributed by atoms with Gasteiger partial charge in [0.15, 0.2) is 0 Å². The Morgan fingerprint density at radius 2 is 1.53 bits per heavy atom. The van der Waals surface area contributed by atoms with Gasteiger partial charge in [0.25, 0.3) is 0 Å². The molecule has 3 rings (SSSR count). The first-order valence-corrected chi connectivity index (χ1v) is 10.7. The number of aliphatic hydroxyl groups is 1. The Kier molecular flexibility index (Phi) is 7.51. The second-order valence-electron chi connectivity index (χ2n) is 9.28. The summed E-state index contributed by atoms with van der Waals surface area (Å²) in [4.78, 5) is 16.6. The van der Waals surface area contributed by atoms with Gasteiger partial charge in [0.2, 0.25) is 0 Å². The smallest absolute Gasteiger partial charge is 0.410 e. The van der Waals surface area contributed by atoms with E-state index in [4.69, 9.17) is 4.74 Å². The molecule has 5 nitrogen and oxygen atoms in total. The molecule has 1 aliphatic heterocycles. The summed E-state index contributed by atoms with van der Waals surface area (Å²) in [5, 5.41) is 10.4. The summed E-state index contributed by atoms with van der Waals surface area (Å²) in [6, 6.07) is 20.9. The lowest BCUT2D eigenvalue weighted by Crippen LogP contribution is -2.50. The zero-order valence-corrected chi connectivity index (χ0v) is 18.3. The first-order valence-electron chi connectivity index (χ1n) is 10.7. The third-order valence-corrected chi connectivity index (χ3v) is 5.18. The number of piperidine rings is 1. The van der Waals surface area contributed by atoms with Crippen molar-refractivity contribution in [2.45, 2.75) is 52.0 Å². The van der Waals surface area contributed by atoms with Gasteiger partial charge in [-0.25, -0.2) is 4.79 Å². The van der Waals surface area contributed by atoms with Crippen LogP contribution >= 0.6 is 0 Å². The average Bonchev–Trinajstić information content (AvgIpc) is 2.68. The fraction of sp³-hybridized carbons (Fsp3) is 0.480. The molecule has 1 N–H and O–H groups in total. The van der Waals surface area contributed by atoms with Crippen LogP contribution in [0.1, 0.15) is 38.3 Å². The maximum absolute atomic E-state index is 12.6. The topological polar surface area (TPSA) is 53.0 Å². The number of carbonyl (C=O) groups excluding carboxylic acids is 1. The van der Waals surface area contributed by atoms with E-state index in [0.29, 0.717) is 19.5 Å². The highest BCUT2D eigenvalue weighted by Gasteiger charge is 2.32. The molecule has 0 bridgehead atoms. The van der Waals surface area contributed by atoms with Crippen LogP contribution in [-0.2, 0) is 17.8 Å². The van der Waals surface area contributed by atoms with Crippen molar-refractivity contribution in [1.82, 2.24) is 9.80 Å². The first kappa shape index (κ1) is 22.3. The molecule has 0 spiro atoms. The molecule has 30 heavy (non-hydrogen) atoms. The van der Waals surface area contributed by atoms with E-state index in [0.717, 1.165) is 19.6 Å². The van der Waals surface area contributed by atoms with E-state index in [1.807, 2.05) is 32.9 Å². The fourth-order valence-electron chi connectivity index (χ4n) is 4.02. The molecule has 1 aliphatic rings. The summed E-state index contributed by atoms with van der Waals surface area (Å²) in [5.41, 5.74) is 1.98. The Bertz CT molecular complexity index is 748. The Labute approximate surface area is 180 Å². The average molecular weight is 411 g/mol. The lowest BCUT2D eigenvalue weighted by Gasteiger charge is -2.38. The van der Waals surface area contributed by atoms with Crippen LogP contribution in [-0.4, -0.2) is 52.3 Å². The first-order chi connectivity index (χ1) is 14.3. The van der Waals surface area contributed by atoms with Crippen LogP contribution in [0.2, 0.25) is 0 Å². The van der Waals surface area contributed by atoms with E-state index in [1.165, 1.54) is 11.1 Å². The quantitative estimate of drug-likeness (QED) is 0.771. The Morgan fingerprint density at radius 1 is 1.00 bits per heavy atom. The zero-order valence-electron chi connectivity index (χ0n) is 18.3. The van der Waals surface area contributed by atoms with Gasteiger partial charge in [-0.15, -0.1) is 0 Å². The summed E-state index contributed by atoms with van der Waals surface area (Å²) in [5.74, 6) is 0.189.